The third-order valence-corrected chi connectivity index (χ3v) is 9.42. The molecule has 0 aliphatic carbocycles. The second-order valence-electron chi connectivity index (χ2n) is 8.78. The topological polar surface area (TPSA) is 202 Å². The Bertz CT molecular complexity index is 1940. The molecule has 0 saturated heterocycles. The zero-order chi connectivity index (χ0) is 28.3. The number of carbonyl (C=O) groups is 1. The van der Waals surface area contributed by atoms with Gasteiger partial charge in [0.1, 0.15) is 15.2 Å². The molecule has 1 unspecified atom stereocenters. The summed E-state index contributed by atoms with van der Waals surface area (Å²) in [6, 6.07) is 8.59. The highest BCUT2D eigenvalue weighted by molar-refractivity contribution is 7.99. The largest absolute Gasteiger partial charge is 0.325 e. The number of primary sulfonamides is 2. The van der Waals surface area contributed by atoms with E-state index in [0.717, 1.165) is 17.3 Å². The van der Waals surface area contributed by atoms with E-state index in [9.17, 15) is 26.4 Å². The average Bonchev–Trinajstić information content (AvgIpc) is 3.43. The van der Waals surface area contributed by atoms with Gasteiger partial charge >= 0.3 is 0 Å². The van der Waals surface area contributed by atoms with Crippen molar-refractivity contribution in [2.75, 3.05) is 11.1 Å². The van der Waals surface area contributed by atoms with Gasteiger partial charge in [-0.25, -0.2) is 36.8 Å². The number of thioether (sulfide) groups is 1. The Balaban J connectivity index is 1.45. The van der Waals surface area contributed by atoms with Crippen LogP contribution in [0.5, 0.6) is 0 Å². The number of nitrogens with one attached hydrogen (secondary N) is 1. The number of nitrogens with zero attached hydrogens (tertiary/aromatic N) is 4. The Morgan fingerprint density at radius 2 is 1.79 bits per heavy atom. The van der Waals surface area contributed by atoms with E-state index in [-0.39, 0.29) is 23.1 Å². The Kier molecular flexibility index (Phi) is 6.80. The van der Waals surface area contributed by atoms with E-state index in [0.29, 0.717) is 22.6 Å². The van der Waals surface area contributed by atoms with Gasteiger partial charge in [-0.15, -0.1) is 0 Å². The molecule has 13 nitrogen and oxygen atoms in total. The molecule has 4 aromatic rings. The lowest BCUT2D eigenvalue weighted by Gasteiger charge is -2.16. The molecule has 2 aromatic heterocycles. The van der Waals surface area contributed by atoms with Crippen LogP contribution in [0.25, 0.3) is 16.7 Å². The summed E-state index contributed by atoms with van der Waals surface area (Å²) in [4.78, 5) is 29.6. The Morgan fingerprint density at radius 1 is 1.13 bits per heavy atom. The van der Waals surface area contributed by atoms with Crippen LogP contribution in [0.15, 0.2) is 62.3 Å². The quantitative estimate of drug-likeness (QED) is 0.271. The Hall–Kier alpha value is -3.28. The van der Waals surface area contributed by atoms with E-state index in [1.807, 2.05) is 31.2 Å². The second-order valence-corrected chi connectivity index (χ2v) is 13.2. The van der Waals surface area contributed by atoms with Crippen LogP contribution in [-0.4, -0.2) is 47.8 Å². The summed E-state index contributed by atoms with van der Waals surface area (Å²) in [5.41, 5.74) is 1.49. The summed E-state index contributed by atoms with van der Waals surface area (Å²) < 4.78 is 50.7. The van der Waals surface area contributed by atoms with E-state index in [4.69, 9.17) is 21.9 Å². The van der Waals surface area contributed by atoms with Crippen molar-refractivity contribution in [2.45, 2.75) is 34.3 Å². The monoisotopic (exact) mass is 609 g/mol. The third-order valence-electron chi connectivity index (χ3n) is 5.99. The number of fused-ring (bicyclic) bond motifs is 2. The number of halogens is 1. The smallest absolute Gasteiger partial charge is 0.265 e. The van der Waals surface area contributed by atoms with Crippen molar-refractivity contribution in [3.05, 3.63) is 63.5 Å². The fraction of sp³-hybridized carbons (Fsp3) is 0.182. The molecule has 1 amide bonds. The summed E-state index contributed by atoms with van der Waals surface area (Å²) in [6.07, 6.45) is 1.20. The average molecular weight is 610 g/mol. The first-order valence-electron chi connectivity index (χ1n) is 11.1. The van der Waals surface area contributed by atoms with Gasteiger partial charge in [-0.05, 0) is 31.2 Å². The molecule has 1 aliphatic heterocycles. The SMILES string of the molecule is Cc1ccc(-n2ncc3c(=O)n4c(nc32)SCC4CC(=O)Nc2cc(Cl)c(S(N)(=O)=O)cc2S(N)(=O)=O)cc1. The van der Waals surface area contributed by atoms with Crippen molar-refractivity contribution in [1.82, 2.24) is 19.3 Å². The predicted molar refractivity (Wildman–Crippen MR) is 145 cm³/mol. The van der Waals surface area contributed by atoms with E-state index < -0.39 is 46.8 Å². The number of hydrogen-bond donors (Lipinski definition) is 3. The van der Waals surface area contributed by atoms with Gasteiger partial charge in [0.2, 0.25) is 26.0 Å². The number of aryl methyl sites for hydroxylation is 1. The molecular formula is C22H20ClN7O6S3. The van der Waals surface area contributed by atoms with E-state index in [1.165, 1.54) is 22.5 Å². The maximum absolute atomic E-state index is 13.4. The Morgan fingerprint density at radius 3 is 2.44 bits per heavy atom. The first kappa shape index (κ1) is 27.3. The van der Waals surface area contributed by atoms with Crippen LogP contribution in [0.1, 0.15) is 18.0 Å². The minimum atomic E-state index is -4.48. The fourth-order valence-electron chi connectivity index (χ4n) is 4.16. The van der Waals surface area contributed by atoms with Crippen LogP contribution in [0.3, 0.4) is 0 Å². The normalized spacial score (nSPS) is 15.4. The van der Waals surface area contributed by atoms with Crippen molar-refractivity contribution in [2.24, 2.45) is 10.3 Å². The lowest BCUT2D eigenvalue weighted by molar-refractivity contribution is -0.116. The molecule has 3 heterocycles. The minimum absolute atomic E-state index is 0.224. The second kappa shape index (κ2) is 9.72. The summed E-state index contributed by atoms with van der Waals surface area (Å²) in [7, 11) is -8.85. The van der Waals surface area contributed by atoms with Gasteiger partial charge in [-0.1, -0.05) is 41.1 Å². The molecule has 39 heavy (non-hydrogen) atoms. The fourth-order valence-corrected chi connectivity index (χ4v) is 7.16. The lowest BCUT2D eigenvalue weighted by atomic mass is 10.2. The summed E-state index contributed by atoms with van der Waals surface area (Å²) in [5.74, 6) is -0.312. The molecule has 0 radical (unpaired) electrons. The molecule has 1 atom stereocenters. The molecule has 0 saturated carbocycles. The maximum atomic E-state index is 13.4. The number of benzene rings is 2. The van der Waals surface area contributed by atoms with Gasteiger partial charge in [-0.2, -0.15) is 5.10 Å². The van der Waals surface area contributed by atoms with Crippen LogP contribution in [0, 0.1) is 6.92 Å². The third kappa shape index (κ3) is 5.18. The van der Waals surface area contributed by atoms with Gasteiger partial charge in [0.15, 0.2) is 10.8 Å². The molecule has 5 N–H and O–H groups in total. The summed E-state index contributed by atoms with van der Waals surface area (Å²) in [5, 5.41) is 17.3. The zero-order valence-electron chi connectivity index (χ0n) is 20.0. The van der Waals surface area contributed by atoms with Crippen molar-refractivity contribution in [3.63, 3.8) is 0 Å². The first-order valence-corrected chi connectivity index (χ1v) is 15.6. The highest BCUT2D eigenvalue weighted by Crippen LogP contribution is 2.35. The van der Waals surface area contributed by atoms with Crippen molar-refractivity contribution >= 4 is 66.0 Å². The lowest BCUT2D eigenvalue weighted by Crippen LogP contribution is -2.28. The van der Waals surface area contributed by atoms with Gasteiger partial charge in [-0.3, -0.25) is 14.2 Å². The van der Waals surface area contributed by atoms with Gasteiger partial charge in [0.25, 0.3) is 5.56 Å². The van der Waals surface area contributed by atoms with Crippen LogP contribution in [-0.2, 0) is 24.8 Å². The highest BCUT2D eigenvalue weighted by Gasteiger charge is 2.30. The number of carbonyl (C=O) groups excluding carboxylic acids is 1. The van der Waals surface area contributed by atoms with E-state index in [2.05, 4.69) is 15.4 Å². The maximum Gasteiger partial charge on any atom is 0.265 e. The van der Waals surface area contributed by atoms with Gasteiger partial charge in [0, 0.05) is 12.2 Å². The van der Waals surface area contributed by atoms with Crippen molar-refractivity contribution in [3.8, 4) is 5.69 Å². The molecule has 17 heteroatoms. The number of nitrogens with two attached hydrogens (primary N) is 2. The number of aromatic nitrogens is 4. The van der Waals surface area contributed by atoms with Crippen LogP contribution < -0.4 is 21.2 Å². The summed E-state index contributed by atoms with van der Waals surface area (Å²) >= 11 is 7.27. The molecular weight excluding hydrogens is 590 g/mol. The molecule has 204 valence electrons. The number of anilines is 1. The van der Waals surface area contributed by atoms with Gasteiger partial charge < -0.3 is 5.32 Å². The standard InChI is InChI=1S/C22H20ClN7O6S3/c1-11-2-4-12(5-3-11)30-20-14(9-26-30)21(32)29-13(10-37-22(29)28-20)6-19(31)27-16-7-15(23)17(38(24,33)34)8-18(16)39(25,35)36/h2-5,7-9,13H,6,10H2,1H3,(H,27,31)(H2,24,33,34)(H2,25,35,36). The van der Waals surface area contributed by atoms with E-state index >= 15 is 0 Å². The van der Waals surface area contributed by atoms with Crippen molar-refractivity contribution in [1.29, 1.82) is 0 Å². The van der Waals surface area contributed by atoms with Crippen molar-refractivity contribution < 1.29 is 21.6 Å². The molecule has 2 aromatic carbocycles. The zero-order valence-corrected chi connectivity index (χ0v) is 23.2. The highest BCUT2D eigenvalue weighted by atomic mass is 35.5. The number of sulfonamides is 2. The van der Waals surface area contributed by atoms with Gasteiger partial charge in [0.05, 0.1) is 28.6 Å². The molecule has 0 bridgehead atoms. The van der Waals surface area contributed by atoms with Crippen LogP contribution in [0.4, 0.5) is 5.69 Å². The summed E-state index contributed by atoms with van der Waals surface area (Å²) in [6.45, 7) is 1.96. The van der Waals surface area contributed by atoms with Crippen LogP contribution in [0.2, 0.25) is 5.02 Å². The van der Waals surface area contributed by atoms with E-state index in [1.54, 1.807) is 4.68 Å². The molecule has 0 spiro atoms. The number of rotatable bonds is 6. The Labute approximate surface area is 231 Å². The number of amides is 1. The molecule has 5 rings (SSSR count). The first-order chi connectivity index (χ1) is 18.2. The predicted octanol–water partition coefficient (Wildman–Crippen LogP) is 1.51. The van der Waals surface area contributed by atoms with Crippen LogP contribution >= 0.6 is 23.4 Å². The molecule has 1 aliphatic rings. The number of hydrogen-bond acceptors (Lipinski definition) is 9. The molecule has 0 fully saturated rings. The minimum Gasteiger partial charge on any atom is -0.325 e.